The summed E-state index contributed by atoms with van der Waals surface area (Å²) in [5.74, 6) is 0. The Bertz CT molecular complexity index is 194. The minimum absolute atomic E-state index is 0.674. The second kappa shape index (κ2) is 3.03. The average Bonchev–Trinajstić information content (AvgIpc) is 2.12. The van der Waals surface area contributed by atoms with Gasteiger partial charge in [-0.25, -0.2) is 0 Å². The lowest BCUT2D eigenvalue weighted by Gasteiger charge is -2.04. The van der Waals surface area contributed by atoms with Crippen LogP contribution in [0.1, 0.15) is 0 Å². The Labute approximate surface area is 71.9 Å². The summed E-state index contributed by atoms with van der Waals surface area (Å²) >= 11 is 10.9. The maximum atomic E-state index is 12.4. The molecule has 0 aliphatic heterocycles. The van der Waals surface area contributed by atoms with E-state index in [0.717, 1.165) is 11.8 Å². The molecule has 1 rings (SSSR count). The third kappa shape index (κ3) is 2.82. The van der Waals surface area contributed by atoms with Gasteiger partial charge < -0.3 is 4.98 Å². The Morgan fingerprint density at radius 1 is 1.60 bits per heavy atom. The van der Waals surface area contributed by atoms with Crippen molar-refractivity contribution in [3.63, 3.8) is 0 Å². The van der Waals surface area contributed by atoms with Gasteiger partial charge in [0.25, 0.3) is 0 Å². The van der Waals surface area contributed by atoms with Crippen LogP contribution >= 0.6 is 35.0 Å². The van der Waals surface area contributed by atoms with Crippen LogP contribution < -0.4 is 0 Å². The van der Waals surface area contributed by atoms with Crippen molar-refractivity contribution in [3.8, 4) is 0 Å². The summed E-state index contributed by atoms with van der Waals surface area (Å²) in [7, 11) is 0. The summed E-state index contributed by atoms with van der Waals surface area (Å²) < 4.78 is 10.2. The third-order valence-electron chi connectivity index (χ3n) is 0.803. The van der Waals surface area contributed by atoms with Gasteiger partial charge in [-0.2, -0.15) is 4.39 Å². The van der Waals surface area contributed by atoms with Gasteiger partial charge in [0, 0.05) is 17.3 Å². The van der Waals surface area contributed by atoms with Crippen molar-refractivity contribution in [2.75, 3.05) is 0 Å². The van der Waals surface area contributed by atoms with Crippen LogP contribution in [0.2, 0.25) is 0 Å². The molecule has 56 valence electrons. The topological polar surface area (TPSA) is 15.8 Å². The van der Waals surface area contributed by atoms with E-state index in [1.807, 2.05) is 0 Å². The van der Waals surface area contributed by atoms with Gasteiger partial charge in [-0.15, -0.1) is 0 Å². The van der Waals surface area contributed by atoms with Gasteiger partial charge >= 0.3 is 3.92 Å². The van der Waals surface area contributed by atoms with E-state index in [-0.39, 0.29) is 0 Å². The van der Waals surface area contributed by atoms with Gasteiger partial charge in [0.1, 0.15) is 0 Å². The second-order valence-electron chi connectivity index (χ2n) is 1.59. The number of nitrogens with one attached hydrogen (secondary N) is 1. The minimum atomic E-state index is -2.23. The lowest BCUT2D eigenvalue weighted by Crippen LogP contribution is -1.93. The number of rotatable bonds is 2. The van der Waals surface area contributed by atoms with Crippen LogP contribution in [0.5, 0.6) is 0 Å². The number of aromatic amines is 1. The number of hydrogen-bond acceptors (Lipinski definition) is 1. The highest BCUT2D eigenvalue weighted by atomic mass is 35.5. The van der Waals surface area contributed by atoms with Crippen LogP contribution in [0.4, 0.5) is 4.39 Å². The number of H-pyrrole nitrogens is 1. The molecule has 0 bridgehead atoms. The maximum absolute atomic E-state index is 12.4. The molecule has 0 amide bonds. The summed E-state index contributed by atoms with van der Waals surface area (Å²) in [6.45, 7) is 0. The van der Waals surface area contributed by atoms with Gasteiger partial charge in [0.05, 0.1) is 0 Å². The summed E-state index contributed by atoms with van der Waals surface area (Å²) in [4.78, 5) is 3.42. The number of alkyl halides is 3. The molecule has 0 radical (unpaired) electrons. The van der Waals surface area contributed by atoms with Gasteiger partial charge in [0.2, 0.25) is 0 Å². The first-order chi connectivity index (χ1) is 4.58. The van der Waals surface area contributed by atoms with Crippen LogP contribution in [-0.2, 0) is 0 Å². The van der Waals surface area contributed by atoms with E-state index in [1.54, 1.807) is 18.5 Å². The monoisotopic (exact) mass is 199 g/mol. The van der Waals surface area contributed by atoms with Crippen molar-refractivity contribution in [1.82, 2.24) is 4.98 Å². The van der Waals surface area contributed by atoms with Crippen LogP contribution in [-0.4, -0.2) is 8.90 Å². The molecule has 0 saturated heterocycles. The molecule has 1 N–H and O–H groups in total. The molecule has 1 aromatic rings. The van der Waals surface area contributed by atoms with E-state index >= 15 is 0 Å². The molecule has 5 heteroatoms. The quantitative estimate of drug-likeness (QED) is 0.572. The lowest BCUT2D eigenvalue weighted by atomic mass is 10.7. The first kappa shape index (κ1) is 8.24. The molecule has 0 unspecified atom stereocenters. The normalized spacial score (nSPS) is 11.9. The zero-order chi connectivity index (χ0) is 7.61. The van der Waals surface area contributed by atoms with E-state index in [1.165, 1.54) is 0 Å². The van der Waals surface area contributed by atoms with Crippen LogP contribution in [0.25, 0.3) is 0 Å². The molecule has 0 atom stereocenters. The van der Waals surface area contributed by atoms with Gasteiger partial charge in [-0.05, 0) is 6.07 Å². The highest BCUT2D eigenvalue weighted by Crippen LogP contribution is 2.40. The summed E-state index contributed by atoms with van der Waals surface area (Å²) in [5, 5.41) is 0. The molecule has 0 aliphatic carbocycles. The maximum Gasteiger partial charge on any atom is 0.309 e. The fourth-order valence-electron chi connectivity index (χ4n) is 0.506. The summed E-state index contributed by atoms with van der Waals surface area (Å²) in [6.07, 6.45) is 3.28. The molecule has 1 heterocycles. The van der Waals surface area contributed by atoms with E-state index < -0.39 is 3.92 Å². The average molecular weight is 200 g/mol. The standard InChI is InChI=1S/C5H4Cl2FNS/c6-5(7,8)10-4-1-2-9-3-4/h1-3,9H. The summed E-state index contributed by atoms with van der Waals surface area (Å²) in [6, 6.07) is 1.68. The smallest absolute Gasteiger partial charge is 0.309 e. The third-order valence-corrected chi connectivity index (χ3v) is 1.99. The Hall–Kier alpha value is 0.140. The van der Waals surface area contributed by atoms with Crippen molar-refractivity contribution in [1.29, 1.82) is 0 Å². The molecule has 0 spiro atoms. The van der Waals surface area contributed by atoms with Gasteiger partial charge in [-0.3, -0.25) is 0 Å². The largest absolute Gasteiger partial charge is 0.367 e. The van der Waals surface area contributed by atoms with E-state index in [9.17, 15) is 4.39 Å². The molecular weight excluding hydrogens is 196 g/mol. The van der Waals surface area contributed by atoms with E-state index in [2.05, 4.69) is 4.98 Å². The van der Waals surface area contributed by atoms with Gasteiger partial charge in [-0.1, -0.05) is 35.0 Å². The van der Waals surface area contributed by atoms with Crippen molar-refractivity contribution in [2.24, 2.45) is 0 Å². The molecule has 0 aliphatic rings. The molecular formula is C5H4Cl2FNS. The fraction of sp³-hybridized carbons (Fsp3) is 0.200. The second-order valence-corrected chi connectivity index (χ2v) is 4.52. The molecule has 10 heavy (non-hydrogen) atoms. The molecule has 0 saturated carbocycles. The predicted octanol–water partition coefficient (Wildman–Crippen LogP) is 3.17. The molecule has 1 aromatic heterocycles. The molecule has 0 aromatic carbocycles. The van der Waals surface area contributed by atoms with Crippen molar-refractivity contribution < 1.29 is 4.39 Å². The van der Waals surface area contributed by atoms with Crippen LogP contribution in [0.15, 0.2) is 23.4 Å². The van der Waals surface area contributed by atoms with Crippen LogP contribution in [0, 0.1) is 0 Å². The van der Waals surface area contributed by atoms with Gasteiger partial charge in [0.15, 0.2) is 0 Å². The van der Waals surface area contributed by atoms with E-state index in [0.29, 0.717) is 4.90 Å². The van der Waals surface area contributed by atoms with Crippen molar-refractivity contribution in [2.45, 2.75) is 8.81 Å². The first-order valence-corrected chi connectivity index (χ1v) is 4.04. The SMILES string of the molecule is FC(Cl)(Cl)Sc1cc[nH]c1. The number of aromatic nitrogens is 1. The minimum Gasteiger partial charge on any atom is -0.367 e. The lowest BCUT2D eigenvalue weighted by molar-refractivity contribution is 0.516. The highest BCUT2D eigenvalue weighted by molar-refractivity contribution is 8.03. The number of thioether (sulfide) groups is 1. The van der Waals surface area contributed by atoms with E-state index in [4.69, 9.17) is 23.2 Å². The Kier molecular flexibility index (Phi) is 2.50. The van der Waals surface area contributed by atoms with Crippen LogP contribution in [0.3, 0.4) is 0 Å². The molecule has 0 fully saturated rings. The first-order valence-electron chi connectivity index (χ1n) is 2.46. The predicted molar refractivity (Wildman–Crippen MR) is 42.2 cm³/mol. The van der Waals surface area contributed by atoms with Crippen molar-refractivity contribution >= 4 is 35.0 Å². The zero-order valence-electron chi connectivity index (χ0n) is 4.77. The highest BCUT2D eigenvalue weighted by Gasteiger charge is 2.23. The fourth-order valence-corrected chi connectivity index (χ4v) is 1.57. The van der Waals surface area contributed by atoms with Crippen molar-refractivity contribution in [3.05, 3.63) is 18.5 Å². The Balaban J connectivity index is 2.57. The Morgan fingerprint density at radius 2 is 2.30 bits per heavy atom. The zero-order valence-corrected chi connectivity index (χ0v) is 7.10. The number of halogens is 3. The Morgan fingerprint density at radius 3 is 2.70 bits per heavy atom. The summed E-state index contributed by atoms with van der Waals surface area (Å²) in [5.41, 5.74) is 0. The number of hydrogen-bond donors (Lipinski definition) is 1. The molecule has 1 nitrogen and oxygen atoms in total.